The number of hydrogen-bond acceptors (Lipinski definition) is 4. The van der Waals surface area contributed by atoms with Crippen LogP contribution in [0.3, 0.4) is 0 Å². The molecule has 5 amide bonds. The SMILES string of the molecule is C=CCN1C(=O)C2CCC(C(=O)NCc3ccccc3)CC2N(CC(=O)Nc2ccc(Br)cc2)C1=O. The van der Waals surface area contributed by atoms with Crippen molar-refractivity contribution in [3.05, 3.63) is 77.3 Å². The third-order valence-corrected chi connectivity index (χ3v) is 7.24. The molecule has 2 fully saturated rings. The van der Waals surface area contributed by atoms with E-state index in [1.54, 1.807) is 12.1 Å². The van der Waals surface area contributed by atoms with Crippen LogP contribution in [0.5, 0.6) is 0 Å². The Morgan fingerprint density at radius 3 is 2.47 bits per heavy atom. The van der Waals surface area contributed by atoms with E-state index >= 15 is 0 Å². The number of carbonyl (C=O) groups is 4. The summed E-state index contributed by atoms with van der Waals surface area (Å²) in [5.41, 5.74) is 1.60. The number of benzene rings is 2. The fourth-order valence-corrected chi connectivity index (χ4v) is 5.17. The van der Waals surface area contributed by atoms with E-state index in [1.807, 2.05) is 42.5 Å². The Bertz CT molecular complexity index is 1140. The molecule has 1 aliphatic heterocycles. The molecule has 3 atom stereocenters. The van der Waals surface area contributed by atoms with Gasteiger partial charge in [-0.15, -0.1) is 6.58 Å². The van der Waals surface area contributed by atoms with Crippen LogP contribution in [0.2, 0.25) is 0 Å². The van der Waals surface area contributed by atoms with Crippen molar-refractivity contribution in [1.82, 2.24) is 15.1 Å². The molecule has 3 unspecified atom stereocenters. The van der Waals surface area contributed by atoms with E-state index in [0.29, 0.717) is 31.5 Å². The van der Waals surface area contributed by atoms with Crippen molar-refractivity contribution in [1.29, 1.82) is 0 Å². The number of nitrogens with one attached hydrogen (secondary N) is 2. The van der Waals surface area contributed by atoms with Crippen molar-refractivity contribution in [3.63, 3.8) is 0 Å². The second-order valence-electron chi connectivity index (χ2n) is 9.09. The van der Waals surface area contributed by atoms with E-state index in [1.165, 1.54) is 11.0 Å². The molecule has 0 bridgehead atoms. The molecule has 8 nitrogen and oxygen atoms in total. The van der Waals surface area contributed by atoms with Gasteiger partial charge in [0.05, 0.1) is 5.92 Å². The molecule has 1 saturated heterocycles. The average molecular weight is 553 g/mol. The molecule has 1 aliphatic carbocycles. The van der Waals surface area contributed by atoms with Gasteiger partial charge in [0.2, 0.25) is 17.7 Å². The highest BCUT2D eigenvalue weighted by atomic mass is 79.9. The van der Waals surface area contributed by atoms with Gasteiger partial charge in [0.15, 0.2) is 0 Å². The lowest BCUT2D eigenvalue weighted by Crippen LogP contribution is -2.64. The van der Waals surface area contributed by atoms with Crippen LogP contribution >= 0.6 is 15.9 Å². The van der Waals surface area contributed by atoms with Crippen LogP contribution < -0.4 is 10.6 Å². The van der Waals surface area contributed by atoms with E-state index < -0.39 is 18.0 Å². The Morgan fingerprint density at radius 2 is 1.78 bits per heavy atom. The van der Waals surface area contributed by atoms with E-state index in [-0.39, 0.29) is 36.7 Å². The summed E-state index contributed by atoms with van der Waals surface area (Å²) in [7, 11) is 0. The molecule has 9 heteroatoms. The fourth-order valence-electron chi connectivity index (χ4n) is 4.91. The van der Waals surface area contributed by atoms with Crippen molar-refractivity contribution in [2.75, 3.05) is 18.4 Å². The third-order valence-electron chi connectivity index (χ3n) is 6.71. The van der Waals surface area contributed by atoms with Crippen molar-refractivity contribution in [2.45, 2.75) is 31.8 Å². The highest BCUT2D eigenvalue weighted by Crippen LogP contribution is 2.37. The van der Waals surface area contributed by atoms with E-state index in [4.69, 9.17) is 0 Å². The van der Waals surface area contributed by atoms with Crippen molar-refractivity contribution in [3.8, 4) is 0 Å². The summed E-state index contributed by atoms with van der Waals surface area (Å²) in [6.07, 6.45) is 2.84. The van der Waals surface area contributed by atoms with Crippen LogP contribution in [0, 0.1) is 11.8 Å². The van der Waals surface area contributed by atoms with Gasteiger partial charge in [-0.05, 0) is 49.1 Å². The van der Waals surface area contributed by atoms with Gasteiger partial charge in [-0.2, -0.15) is 0 Å². The van der Waals surface area contributed by atoms with Crippen LogP contribution in [0.15, 0.2) is 71.7 Å². The molecule has 0 radical (unpaired) electrons. The van der Waals surface area contributed by atoms with E-state index in [9.17, 15) is 19.2 Å². The van der Waals surface area contributed by atoms with E-state index in [2.05, 4.69) is 33.1 Å². The maximum Gasteiger partial charge on any atom is 0.327 e. The third kappa shape index (κ3) is 5.84. The molecule has 2 N–H and O–H groups in total. The number of hydrogen-bond donors (Lipinski definition) is 2. The lowest BCUT2D eigenvalue weighted by molar-refractivity contribution is -0.144. The summed E-state index contributed by atoms with van der Waals surface area (Å²) < 4.78 is 0.881. The molecule has 4 rings (SSSR count). The molecular weight excluding hydrogens is 524 g/mol. The largest absolute Gasteiger partial charge is 0.352 e. The minimum absolute atomic E-state index is 0.0761. The Labute approximate surface area is 218 Å². The minimum Gasteiger partial charge on any atom is -0.352 e. The van der Waals surface area contributed by atoms with Gasteiger partial charge < -0.3 is 15.5 Å². The summed E-state index contributed by atoms with van der Waals surface area (Å²) in [6, 6.07) is 15.7. The number of halogens is 1. The van der Waals surface area contributed by atoms with Gasteiger partial charge in [0.25, 0.3) is 0 Å². The van der Waals surface area contributed by atoms with Crippen LogP contribution in [0.4, 0.5) is 10.5 Å². The standard InChI is InChI=1S/C27H29BrN4O4/c1-2-14-31-26(35)22-13-8-19(25(34)29-16-18-6-4-3-5-7-18)15-23(22)32(27(31)36)17-24(33)30-21-11-9-20(28)10-12-21/h2-7,9-12,19,22-23H,1,8,13-17H2,(H,29,34)(H,30,33). The summed E-state index contributed by atoms with van der Waals surface area (Å²) in [5, 5.41) is 5.78. The maximum absolute atomic E-state index is 13.3. The quantitative estimate of drug-likeness (QED) is 0.484. The molecular formula is C27H29BrN4O4. The topological polar surface area (TPSA) is 98.8 Å². The Balaban J connectivity index is 1.48. The van der Waals surface area contributed by atoms with Gasteiger partial charge in [0, 0.05) is 35.2 Å². The van der Waals surface area contributed by atoms with Crippen LogP contribution in [-0.4, -0.2) is 52.7 Å². The second kappa shape index (κ2) is 11.5. The summed E-state index contributed by atoms with van der Waals surface area (Å²) in [5.74, 6) is -1.55. The first-order valence-corrected chi connectivity index (χ1v) is 12.8. The van der Waals surface area contributed by atoms with Crippen molar-refractivity contribution >= 4 is 45.4 Å². The van der Waals surface area contributed by atoms with Gasteiger partial charge in [-0.3, -0.25) is 19.3 Å². The van der Waals surface area contributed by atoms with Crippen molar-refractivity contribution in [2.24, 2.45) is 11.8 Å². The number of rotatable bonds is 8. The van der Waals surface area contributed by atoms with Crippen LogP contribution in [-0.2, 0) is 20.9 Å². The highest BCUT2D eigenvalue weighted by molar-refractivity contribution is 9.10. The first-order valence-electron chi connectivity index (χ1n) is 12.0. The van der Waals surface area contributed by atoms with Gasteiger partial charge in [0.1, 0.15) is 6.54 Å². The first-order chi connectivity index (χ1) is 17.4. The average Bonchev–Trinajstić information content (AvgIpc) is 2.89. The normalized spacial score (nSPS) is 21.5. The number of nitrogens with zero attached hydrogens (tertiary/aromatic N) is 2. The molecule has 0 spiro atoms. The molecule has 1 heterocycles. The lowest BCUT2D eigenvalue weighted by Gasteiger charge is -2.47. The smallest absolute Gasteiger partial charge is 0.327 e. The zero-order valence-electron chi connectivity index (χ0n) is 19.9. The molecule has 1 saturated carbocycles. The van der Waals surface area contributed by atoms with Gasteiger partial charge in [-0.25, -0.2) is 4.79 Å². The highest BCUT2D eigenvalue weighted by Gasteiger charge is 2.49. The Morgan fingerprint density at radius 1 is 1.06 bits per heavy atom. The van der Waals surface area contributed by atoms with Crippen LogP contribution in [0.1, 0.15) is 24.8 Å². The summed E-state index contributed by atoms with van der Waals surface area (Å²) >= 11 is 3.36. The number of amides is 5. The number of carbonyl (C=O) groups excluding carboxylic acids is 4. The first kappa shape index (κ1) is 25.6. The Hall–Kier alpha value is -3.46. The number of urea groups is 1. The molecule has 0 aromatic heterocycles. The zero-order valence-corrected chi connectivity index (χ0v) is 21.4. The maximum atomic E-state index is 13.3. The van der Waals surface area contributed by atoms with Crippen LogP contribution in [0.25, 0.3) is 0 Å². The fraction of sp³-hybridized carbons (Fsp3) is 0.333. The monoisotopic (exact) mass is 552 g/mol. The molecule has 2 aromatic rings. The minimum atomic E-state index is -0.530. The second-order valence-corrected chi connectivity index (χ2v) is 10.0. The number of anilines is 1. The number of fused-ring (bicyclic) bond motifs is 1. The molecule has 2 aromatic carbocycles. The Kier molecular flexibility index (Phi) is 8.20. The lowest BCUT2D eigenvalue weighted by atomic mass is 9.75. The predicted octanol–water partition coefficient (Wildman–Crippen LogP) is 3.94. The zero-order chi connectivity index (χ0) is 25.7. The van der Waals surface area contributed by atoms with Crippen molar-refractivity contribution < 1.29 is 19.2 Å². The van der Waals surface area contributed by atoms with Gasteiger partial charge in [-0.1, -0.05) is 52.3 Å². The predicted molar refractivity (Wildman–Crippen MR) is 140 cm³/mol. The summed E-state index contributed by atoms with van der Waals surface area (Å²) in [4.78, 5) is 54.9. The summed E-state index contributed by atoms with van der Waals surface area (Å²) in [6.45, 7) is 3.93. The molecule has 2 aliphatic rings. The molecule has 188 valence electrons. The number of imide groups is 1. The van der Waals surface area contributed by atoms with E-state index in [0.717, 1.165) is 14.9 Å². The molecule has 36 heavy (non-hydrogen) atoms. The van der Waals surface area contributed by atoms with Gasteiger partial charge >= 0.3 is 6.03 Å².